The first-order valence-corrected chi connectivity index (χ1v) is 7.65. The first kappa shape index (κ1) is 15.7. The minimum absolute atomic E-state index is 0.0270. The number of nitrogens with zero attached hydrogens (tertiary/aromatic N) is 1. The van der Waals surface area contributed by atoms with Crippen LogP contribution in [0.3, 0.4) is 0 Å². The molecule has 1 aromatic carbocycles. The third-order valence-corrected chi connectivity index (χ3v) is 4.52. The maximum absolute atomic E-state index is 12.2. The van der Waals surface area contributed by atoms with Gasteiger partial charge in [0.1, 0.15) is 4.88 Å². The molecule has 0 atom stereocenters. The third-order valence-electron chi connectivity index (χ3n) is 3.10. The molecule has 112 valence electrons. The fourth-order valence-corrected chi connectivity index (χ4v) is 2.76. The minimum atomic E-state index is -0.129. The number of aromatic nitrogens is 1. The Balaban J connectivity index is 2.03. The number of hydrogen-bond acceptors (Lipinski definition) is 4. The van der Waals surface area contributed by atoms with Crippen LogP contribution < -0.4 is 5.32 Å². The average Bonchev–Trinajstić information content (AvgIpc) is 2.95. The summed E-state index contributed by atoms with van der Waals surface area (Å²) < 4.78 is 0. The van der Waals surface area contributed by atoms with Crippen molar-refractivity contribution in [2.75, 3.05) is 0 Å². The number of benzene rings is 1. The molecule has 0 bridgehead atoms. The number of nitrogens with one attached hydrogen (secondary N) is 1. The summed E-state index contributed by atoms with van der Waals surface area (Å²) in [5, 5.41) is 13.1. The SMILES string of the molecule is CC(C)(C)c1ncc(C(=O)NCc2ccccc2CO)s1. The number of rotatable bonds is 4. The number of carbonyl (C=O) groups excluding carboxylic acids is 1. The number of aliphatic hydroxyl groups excluding tert-OH is 1. The van der Waals surface area contributed by atoms with E-state index in [1.807, 2.05) is 24.3 Å². The smallest absolute Gasteiger partial charge is 0.263 e. The minimum Gasteiger partial charge on any atom is -0.392 e. The lowest BCUT2D eigenvalue weighted by molar-refractivity contribution is 0.0954. The Bertz CT molecular complexity index is 629. The molecule has 1 heterocycles. The van der Waals surface area contributed by atoms with Gasteiger partial charge in [0.25, 0.3) is 5.91 Å². The largest absolute Gasteiger partial charge is 0.392 e. The quantitative estimate of drug-likeness (QED) is 0.913. The summed E-state index contributed by atoms with van der Waals surface area (Å²) >= 11 is 1.42. The highest BCUT2D eigenvalue weighted by Crippen LogP contribution is 2.26. The van der Waals surface area contributed by atoms with Gasteiger partial charge in [-0.05, 0) is 11.1 Å². The molecule has 4 nitrogen and oxygen atoms in total. The number of amides is 1. The van der Waals surface area contributed by atoms with E-state index in [0.717, 1.165) is 16.1 Å². The first-order chi connectivity index (χ1) is 9.91. The molecule has 1 aromatic heterocycles. The highest BCUT2D eigenvalue weighted by atomic mass is 32.1. The third kappa shape index (κ3) is 3.89. The zero-order valence-corrected chi connectivity index (χ0v) is 13.3. The van der Waals surface area contributed by atoms with Gasteiger partial charge >= 0.3 is 0 Å². The van der Waals surface area contributed by atoms with Crippen molar-refractivity contribution in [3.63, 3.8) is 0 Å². The molecule has 2 rings (SSSR count). The predicted octanol–water partition coefficient (Wildman–Crippen LogP) is 2.86. The van der Waals surface area contributed by atoms with E-state index in [4.69, 9.17) is 0 Å². The molecule has 0 fully saturated rings. The Morgan fingerprint density at radius 3 is 2.52 bits per heavy atom. The fraction of sp³-hybridized carbons (Fsp3) is 0.375. The van der Waals surface area contributed by atoms with Crippen LogP contribution in [0.2, 0.25) is 0 Å². The normalized spacial score (nSPS) is 11.4. The highest BCUT2D eigenvalue weighted by Gasteiger charge is 2.20. The van der Waals surface area contributed by atoms with Crippen LogP contribution in [0.4, 0.5) is 0 Å². The molecule has 5 heteroatoms. The van der Waals surface area contributed by atoms with Gasteiger partial charge in [-0.15, -0.1) is 11.3 Å². The van der Waals surface area contributed by atoms with Gasteiger partial charge in [0.2, 0.25) is 0 Å². The Kier molecular flexibility index (Phi) is 4.75. The van der Waals surface area contributed by atoms with E-state index in [2.05, 4.69) is 31.1 Å². The van der Waals surface area contributed by atoms with Crippen LogP contribution >= 0.6 is 11.3 Å². The molecular formula is C16H20N2O2S. The van der Waals surface area contributed by atoms with Crippen molar-refractivity contribution in [3.05, 3.63) is 51.5 Å². The fourth-order valence-electron chi connectivity index (χ4n) is 1.87. The van der Waals surface area contributed by atoms with E-state index in [1.165, 1.54) is 11.3 Å². The number of thiazole rings is 1. The van der Waals surface area contributed by atoms with Gasteiger partial charge < -0.3 is 10.4 Å². The monoisotopic (exact) mass is 304 g/mol. The van der Waals surface area contributed by atoms with Gasteiger partial charge in [0.15, 0.2) is 0 Å². The molecule has 1 amide bonds. The Hall–Kier alpha value is -1.72. The van der Waals surface area contributed by atoms with Gasteiger partial charge in [0, 0.05) is 12.0 Å². The van der Waals surface area contributed by atoms with E-state index in [1.54, 1.807) is 6.20 Å². The standard InChI is InChI=1S/C16H20N2O2S/c1-16(2,3)15-18-9-13(21-15)14(20)17-8-11-6-4-5-7-12(11)10-19/h4-7,9,19H,8,10H2,1-3H3,(H,17,20). The summed E-state index contributed by atoms with van der Waals surface area (Å²) in [5.74, 6) is -0.129. The second-order valence-corrected chi connectivity index (χ2v) is 6.92. The van der Waals surface area contributed by atoms with Gasteiger partial charge in [0.05, 0.1) is 17.8 Å². The summed E-state index contributed by atoms with van der Waals surface area (Å²) in [6, 6.07) is 7.52. The number of aliphatic hydroxyl groups is 1. The van der Waals surface area contributed by atoms with Crippen molar-refractivity contribution in [2.24, 2.45) is 0 Å². The van der Waals surface area contributed by atoms with Gasteiger partial charge in [-0.25, -0.2) is 4.98 Å². The lowest BCUT2D eigenvalue weighted by Crippen LogP contribution is -2.22. The second-order valence-electron chi connectivity index (χ2n) is 5.89. The Labute approximate surface area is 128 Å². The molecule has 0 spiro atoms. The van der Waals surface area contributed by atoms with E-state index in [0.29, 0.717) is 11.4 Å². The number of carbonyl (C=O) groups is 1. The number of hydrogen-bond donors (Lipinski definition) is 2. The molecule has 0 unspecified atom stereocenters. The van der Waals surface area contributed by atoms with Gasteiger partial charge in [-0.2, -0.15) is 0 Å². The zero-order valence-electron chi connectivity index (χ0n) is 12.5. The van der Waals surface area contributed by atoms with Crippen LogP contribution in [0, 0.1) is 0 Å². The Morgan fingerprint density at radius 2 is 1.95 bits per heavy atom. The van der Waals surface area contributed by atoms with Crippen LogP contribution in [0.5, 0.6) is 0 Å². The summed E-state index contributed by atoms with van der Waals surface area (Å²) in [5.41, 5.74) is 1.71. The second kappa shape index (κ2) is 6.37. The van der Waals surface area contributed by atoms with Crippen molar-refractivity contribution in [1.29, 1.82) is 0 Å². The molecule has 0 saturated heterocycles. The molecule has 0 aliphatic rings. The van der Waals surface area contributed by atoms with Crippen molar-refractivity contribution in [2.45, 2.75) is 39.3 Å². The zero-order chi connectivity index (χ0) is 15.5. The lowest BCUT2D eigenvalue weighted by Gasteiger charge is -2.13. The van der Waals surface area contributed by atoms with Crippen LogP contribution in [0.15, 0.2) is 30.5 Å². The van der Waals surface area contributed by atoms with E-state index in [-0.39, 0.29) is 17.9 Å². The summed E-state index contributed by atoms with van der Waals surface area (Å²) in [7, 11) is 0. The van der Waals surface area contributed by atoms with Crippen molar-refractivity contribution in [1.82, 2.24) is 10.3 Å². The first-order valence-electron chi connectivity index (χ1n) is 6.84. The predicted molar refractivity (Wildman–Crippen MR) is 84.3 cm³/mol. The summed E-state index contributed by atoms with van der Waals surface area (Å²) in [4.78, 5) is 17.1. The van der Waals surface area contributed by atoms with Crippen molar-refractivity contribution in [3.8, 4) is 0 Å². The van der Waals surface area contributed by atoms with Crippen LogP contribution in [-0.2, 0) is 18.6 Å². The molecule has 0 radical (unpaired) electrons. The lowest BCUT2D eigenvalue weighted by atomic mass is 9.98. The summed E-state index contributed by atoms with van der Waals surface area (Å²) in [6.45, 7) is 6.60. The average molecular weight is 304 g/mol. The molecule has 0 aliphatic carbocycles. The molecular weight excluding hydrogens is 284 g/mol. The maximum atomic E-state index is 12.2. The Morgan fingerprint density at radius 1 is 1.29 bits per heavy atom. The topological polar surface area (TPSA) is 62.2 Å². The van der Waals surface area contributed by atoms with Gasteiger partial charge in [-0.1, -0.05) is 45.0 Å². The van der Waals surface area contributed by atoms with Crippen molar-refractivity contribution >= 4 is 17.2 Å². The van der Waals surface area contributed by atoms with E-state index < -0.39 is 0 Å². The molecule has 0 aliphatic heterocycles. The van der Waals surface area contributed by atoms with E-state index >= 15 is 0 Å². The molecule has 21 heavy (non-hydrogen) atoms. The van der Waals surface area contributed by atoms with Crippen LogP contribution in [0.1, 0.15) is 46.6 Å². The molecule has 2 N–H and O–H groups in total. The molecule has 0 saturated carbocycles. The highest BCUT2D eigenvalue weighted by molar-refractivity contribution is 7.13. The van der Waals surface area contributed by atoms with Crippen LogP contribution in [0.25, 0.3) is 0 Å². The van der Waals surface area contributed by atoms with Gasteiger partial charge in [-0.3, -0.25) is 4.79 Å². The molecule has 2 aromatic rings. The van der Waals surface area contributed by atoms with Crippen molar-refractivity contribution < 1.29 is 9.90 Å². The van der Waals surface area contributed by atoms with Crippen LogP contribution in [-0.4, -0.2) is 16.0 Å². The maximum Gasteiger partial charge on any atom is 0.263 e. The summed E-state index contributed by atoms with van der Waals surface area (Å²) in [6.07, 6.45) is 1.62. The van der Waals surface area contributed by atoms with E-state index in [9.17, 15) is 9.90 Å².